The third-order valence-corrected chi connectivity index (χ3v) is 3.25. The lowest BCUT2D eigenvalue weighted by molar-refractivity contribution is 0.315. The standard InChI is InChI=1S/C17H24N4/c1-4-10-18-17-15(8-6-11-19-17)12-21(3)13-16-9-5-7-14(2)20-16/h5-9,11H,4,10,12-13H2,1-3H3,(H,18,19). The number of pyridine rings is 2. The Morgan fingerprint density at radius 1 is 1.14 bits per heavy atom. The molecule has 2 rings (SSSR count). The lowest BCUT2D eigenvalue weighted by Crippen LogP contribution is -2.19. The monoisotopic (exact) mass is 284 g/mol. The van der Waals surface area contributed by atoms with E-state index in [1.807, 2.05) is 25.3 Å². The van der Waals surface area contributed by atoms with Gasteiger partial charge in [-0.3, -0.25) is 9.88 Å². The molecule has 112 valence electrons. The molecule has 0 unspecified atom stereocenters. The zero-order valence-corrected chi connectivity index (χ0v) is 13.1. The molecule has 0 aliphatic rings. The summed E-state index contributed by atoms with van der Waals surface area (Å²) in [7, 11) is 2.11. The highest BCUT2D eigenvalue weighted by Gasteiger charge is 2.07. The smallest absolute Gasteiger partial charge is 0.130 e. The van der Waals surface area contributed by atoms with Crippen LogP contribution in [0.1, 0.15) is 30.3 Å². The maximum absolute atomic E-state index is 4.55. The maximum Gasteiger partial charge on any atom is 0.130 e. The van der Waals surface area contributed by atoms with Crippen LogP contribution < -0.4 is 5.32 Å². The summed E-state index contributed by atoms with van der Waals surface area (Å²) in [6.45, 7) is 6.83. The first-order valence-corrected chi connectivity index (χ1v) is 7.48. The van der Waals surface area contributed by atoms with Crippen LogP contribution in [0.4, 0.5) is 5.82 Å². The van der Waals surface area contributed by atoms with Crippen LogP contribution in [0.5, 0.6) is 0 Å². The lowest BCUT2D eigenvalue weighted by Gasteiger charge is -2.18. The van der Waals surface area contributed by atoms with Gasteiger partial charge in [-0.15, -0.1) is 0 Å². The van der Waals surface area contributed by atoms with E-state index in [0.29, 0.717) is 0 Å². The summed E-state index contributed by atoms with van der Waals surface area (Å²) < 4.78 is 0. The molecule has 0 bridgehead atoms. The van der Waals surface area contributed by atoms with Crippen molar-refractivity contribution in [1.82, 2.24) is 14.9 Å². The van der Waals surface area contributed by atoms with Crippen molar-refractivity contribution >= 4 is 5.82 Å². The van der Waals surface area contributed by atoms with E-state index in [1.54, 1.807) is 0 Å². The lowest BCUT2D eigenvalue weighted by atomic mass is 10.2. The van der Waals surface area contributed by atoms with Gasteiger partial charge < -0.3 is 5.32 Å². The molecule has 0 aliphatic heterocycles. The molecule has 1 N–H and O–H groups in total. The number of hydrogen-bond acceptors (Lipinski definition) is 4. The maximum atomic E-state index is 4.55. The first-order chi connectivity index (χ1) is 10.2. The summed E-state index contributed by atoms with van der Waals surface area (Å²) in [6, 6.07) is 10.3. The third-order valence-electron chi connectivity index (χ3n) is 3.25. The first kappa shape index (κ1) is 15.4. The number of aromatic nitrogens is 2. The summed E-state index contributed by atoms with van der Waals surface area (Å²) in [4.78, 5) is 11.3. The Morgan fingerprint density at radius 2 is 2.00 bits per heavy atom. The van der Waals surface area contributed by atoms with Gasteiger partial charge >= 0.3 is 0 Å². The molecule has 4 heteroatoms. The Morgan fingerprint density at radius 3 is 2.76 bits per heavy atom. The van der Waals surface area contributed by atoms with E-state index in [0.717, 1.165) is 43.3 Å². The van der Waals surface area contributed by atoms with Crippen LogP contribution >= 0.6 is 0 Å². The van der Waals surface area contributed by atoms with Crippen LogP contribution in [-0.4, -0.2) is 28.5 Å². The number of anilines is 1. The van der Waals surface area contributed by atoms with E-state index in [4.69, 9.17) is 0 Å². The number of nitrogens with one attached hydrogen (secondary N) is 1. The predicted octanol–water partition coefficient (Wildman–Crippen LogP) is 3.24. The van der Waals surface area contributed by atoms with Crippen molar-refractivity contribution in [3.8, 4) is 0 Å². The van der Waals surface area contributed by atoms with Gasteiger partial charge in [-0.25, -0.2) is 4.98 Å². The summed E-state index contributed by atoms with van der Waals surface area (Å²) >= 11 is 0. The van der Waals surface area contributed by atoms with E-state index in [1.165, 1.54) is 5.56 Å². The van der Waals surface area contributed by atoms with Crippen molar-refractivity contribution in [2.45, 2.75) is 33.4 Å². The van der Waals surface area contributed by atoms with Gasteiger partial charge in [0.15, 0.2) is 0 Å². The predicted molar refractivity (Wildman–Crippen MR) is 87.2 cm³/mol. The highest BCUT2D eigenvalue weighted by Crippen LogP contribution is 2.14. The highest BCUT2D eigenvalue weighted by atomic mass is 15.1. The molecule has 0 fully saturated rings. The van der Waals surface area contributed by atoms with Crippen molar-refractivity contribution in [3.05, 3.63) is 53.5 Å². The van der Waals surface area contributed by atoms with E-state index in [-0.39, 0.29) is 0 Å². The molecule has 0 saturated heterocycles. The minimum atomic E-state index is 0.837. The summed E-state index contributed by atoms with van der Waals surface area (Å²) in [5, 5.41) is 3.39. The van der Waals surface area contributed by atoms with Gasteiger partial charge in [0.25, 0.3) is 0 Å². The number of hydrogen-bond donors (Lipinski definition) is 1. The second-order valence-electron chi connectivity index (χ2n) is 5.38. The van der Waals surface area contributed by atoms with Crippen molar-refractivity contribution in [2.75, 3.05) is 18.9 Å². The Hall–Kier alpha value is -1.94. The van der Waals surface area contributed by atoms with E-state index >= 15 is 0 Å². The van der Waals surface area contributed by atoms with Crippen LogP contribution in [0.15, 0.2) is 36.5 Å². The van der Waals surface area contributed by atoms with Gasteiger partial charge in [-0.2, -0.15) is 0 Å². The third kappa shape index (κ3) is 4.83. The highest BCUT2D eigenvalue weighted by molar-refractivity contribution is 5.43. The first-order valence-electron chi connectivity index (χ1n) is 7.48. The molecule has 0 amide bonds. The van der Waals surface area contributed by atoms with Gasteiger partial charge in [0, 0.05) is 37.1 Å². The zero-order valence-electron chi connectivity index (χ0n) is 13.1. The average molecular weight is 284 g/mol. The van der Waals surface area contributed by atoms with Gasteiger partial charge in [0.1, 0.15) is 5.82 Å². The molecule has 0 saturated carbocycles. The minimum absolute atomic E-state index is 0.837. The molecule has 0 aliphatic carbocycles. The molecule has 0 atom stereocenters. The second-order valence-corrected chi connectivity index (χ2v) is 5.38. The van der Waals surface area contributed by atoms with Crippen LogP contribution in [0.25, 0.3) is 0 Å². The topological polar surface area (TPSA) is 41.1 Å². The fourth-order valence-corrected chi connectivity index (χ4v) is 2.28. The SMILES string of the molecule is CCCNc1ncccc1CN(C)Cc1cccc(C)n1. The van der Waals surface area contributed by atoms with Gasteiger partial charge in [-0.05, 0) is 38.6 Å². The number of rotatable bonds is 7. The molecule has 0 spiro atoms. The van der Waals surface area contributed by atoms with Gasteiger partial charge in [-0.1, -0.05) is 19.1 Å². The fraction of sp³-hybridized carbons (Fsp3) is 0.412. The largest absolute Gasteiger partial charge is 0.370 e. The summed E-state index contributed by atoms with van der Waals surface area (Å²) in [5.74, 6) is 0.989. The van der Waals surface area contributed by atoms with Gasteiger partial charge in [0.2, 0.25) is 0 Å². The van der Waals surface area contributed by atoms with Crippen LogP contribution in [-0.2, 0) is 13.1 Å². The molecule has 4 nitrogen and oxygen atoms in total. The molecule has 2 aromatic rings. The van der Waals surface area contributed by atoms with Crippen molar-refractivity contribution < 1.29 is 0 Å². The van der Waals surface area contributed by atoms with E-state index < -0.39 is 0 Å². The quantitative estimate of drug-likeness (QED) is 0.847. The minimum Gasteiger partial charge on any atom is -0.370 e. The fourth-order valence-electron chi connectivity index (χ4n) is 2.28. The Kier molecular flexibility index (Phi) is 5.69. The second kappa shape index (κ2) is 7.74. The molecular formula is C17H24N4. The van der Waals surface area contributed by atoms with Crippen LogP contribution in [0, 0.1) is 6.92 Å². The van der Waals surface area contributed by atoms with Crippen molar-refractivity contribution in [2.24, 2.45) is 0 Å². The number of aryl methyl sites for hydroxylation is 1. The Bertz CT molecular complexity index is 568. The molecule has 2 aromatic heterocycles. The molecule has 0 radical (unpaired) electrons. The normalized spacial score (nSPS) is 10.9. The molecule has 0 aromatic carbocycles. The van der Waals surface area contributed by atoms with Gasteiger partial charge in [0.05, 0.1) is 5.69 Å². The van der Waals surface area contributed by atoms with Crippen molar-refractivity contribution in [3.63, 3.8) is 0 Å². The molecule has 21 heavy (non-hydrogen) atoms. The van der Waals surface area contributed by atoms with Crippen LogP contribution in [0.2, 0.25) is 0 Å². The van der Waals surface area contributed by atoms with E-state index in [2.05, 4.69) is 52.4 Å². The number of nitrogens with zero attached hydrogens (tertiary/aromatic N) is 3. The summed E-state index contributed by atoms with van der Waals surface area (Å²) in [6.07, 6.45) is 2.93. The van der Waals surface area contributed by atoms with E-state index in [9.17, 15) is 0 Å². The van der Waals surface area contributed by atoms with Crippen LogP contribution in [0.3, 0.4) is 0 Å². The van der Waals surface area contributed by atoms with Crippen molar-refractivity contribution in [1.29, 1.82) is 0 Å². The molecule has 2 heterocycles. The Balaban J connectivity index is 2.00. The Labute approximate surface area is 127 Å². The molecular weight excluding hydrogens is 260 g/mol. The zero-order chi connectivity index (χ0) is 15.1. The summed E-state index contributed by atoms with van der Waals surface area (Å²) in [5.41, 5.74) is 3.39. The average Bonchev–Trinajstić information content (AvgIpc) is 2.46.